The molecule has 7 heteroatoms. The van der Waals surface area contributed by atoms with E-state index in [1.807, 2.05) is 0 Å². The van der Waals surface area contributed by atoms with E-state index >= 15 is 0 Å². The third-order valence-electron chi connectivity index (χ3n) is 3.57. The number of rotatable bonds is 2. The summed E-state index contributed by atoms with van der Waals surface area (Å²) in [4.78, 5) is 29.4. The molecule has 0 saturated carbocycles. The quantitative estimate of drug-likeness (QED) is 0.734. The maximum Gasteiger partial charge on any atom is 0.353 e. The van der Waals surface area contributed by atoms with Crippen LogP contribution in [0.2, 0.25) is 0 Å². The molecule has 2 heterocycles. The molecule has 0 aromatic rings. The smallest absolute Gasteiger partial charge is 0.353 e. The summed E-state index contributed by atoms with van der Waals surface area (Å²) in [6, 6.07) is 0. The fourth-order valence-corrected chi connectivity index (χ4v) is 2.32. The molecule has 2 aliphatic rings. The Hall–Kier alpha value is -1.63. The van der Waals surface area contributed by atoms with Crippen LogP contribution in [0.1, 0.15) is 32.6 Å². The number of hydrogen-bond acceptors (Lipinski definition) is 5. The van der Waals surface area contributed by atoms with Crippen molar-refractivity contribution in [1.82, 2.24) is 4.90 Å². The van der Waals surface area contributed by atoms with E-state index in [1.54, 1.807) is 11.8 Å². The molecule has 19 heavy (non-hydrogen) atoms. The number of carbonyl (C=O) groups is 2. The maximum absolute atomic E-state index is 12.2. The lowest BCUT2D eigenvalue weighted by Gasteiger charge is -2.24. The zero-order chi connectivity index (χ0) is 14.0. The van der Waals surface area contributed by atoms with E-state index in [-0.39, 0.29) is 18.0 Å². The van der Waals surface area contributed by atoms with Crippen LogP contribution in [0, 0.1) is 0 Å². The maximum atomic E-state index is 12.2. The standard InChI is InChI=1S/C12H18N2O5/c1-12(18)3-2-5-14(6-4-12)10(15)9-7-8(11(16)17)13-19-9/h9,18H,2-7H2,1H3,(H,16,17). The minimum atomic E-state index is -1.16. The Bertz CT molecular complexity index is 418. The number of aliphatic hydroxyl groups is 1. The van der Waals surface area contributed by atoms with Gasteiger partial charge in [0.05, 0.1) is 5.60 Å². The summed E-state index contributed by atoms with van der Waals surface area (Å²) in [7, 11) is 0. The first kappa shape index (κ1) is 13.8. The molecule has 0 bridgehead atoms. The molecule has 2 N–H and O–H groups in total. The minimum Gasteiger partial charge on any atom is -0.477 e. The lowest BCUT2D eigenvalue weighted by Crippen LogP contribution is -2.40. The van der Waals surface area contributed by atoms with E-state index in [4.69, 9.17) is 9.94 Å². The number of likely N-dealkylation sites (tertiary alicyclic amines) is 1. The van der Waals surface area contributed by atoms with Gasteiger partial charge in [0.1, 0.15) is 0 Å². The van der Waals surface area contributed by atoms with Crippen molar-refractivity contribution in [3.05, 3.63) is 0 Å². The van der Waals surface area contributed by atoms with Crippen molar-refractivity contribution in [3.63, 3.8) is 0 Å². The van der Waals surface area contributed by atoms with E-state index < -0.39 is 17.7 Å². The van der Waals surface area contributed by atoms with Crippen molar-refractivity contribution in [2.45, 2.75) is 44.3 Å². The van der Waals surface area contributed by atoms with Crippen molar-refractivity contribution in [2.75, 3.05) is 13.1 Å². The Morgan fingerprint density at radius 1 is 1.42 bits per heavy atom. The first-order valence-corrected chi connectivity index (χ1v) is 6.36. The fourth-order valence-electron chi connectivity index (χ4n) is 2.32. The molecule has 1 amide bonds. The van der Waals surface area contributed by atoms with Crippen molar-refractivity contribution in [1.29, 1.82) is 0 Å². The number of amides is 1. The summed E-state index contributed by atoms with van der Waals surface area (Å²) in [5.74, 6) is -1.41. The summed E-state index contributed by atoms with van der Waals surface area (Å²) < 4.78 is 0. The normalized spacial score (nSPS) is 31.4. The Morgan fingerprint density at radius 3 is 2.79 bits per heavy atom. The van der Waals surface area contributed by atoms with E-state index in [9.17, 15) is 14.7 Å². The average molecular weight is 270 g/mol. The second-order valence-corrected chi connectivity index (χ2v) is 5.32. The molecule has 7 nitrogen and oxygen atoms in total. The number of carbonyl (C=O) groups excluding carboxylic acids is 1. The lowest BCUT2D eigenvalue weighted by atomic mass is 9.98. The summed E-state index contributed by atoms with van der Waals surface area (Å²) in [6.45, 7) is 2.77. The molecule has 2 aliphatic heterocycles. The molecular formula is C12H18N2O5. The summed E-state index contributed by atoms with van der Waals surface area (Å²) in [6.07, 6.45) is 1.05. The molecular weight excluding hydrogens is 252 g/mol. The highest BCUT2D eigenvalue weighted by atomic mass is 16.6. The molecule has 0 aliphatic carbocycles. The Labute approximate surface area is 110 Å². The van der Waals surface area contributed by atoms with Crippen LogP contribution in [0.15, 0.2) is 5.16 Å². The van der Waals surface area contributed by atoms with Gasteiger partial charge >= 0.3 is 5.97 Å². The van der Waals surface area contributed by atoms with Crippen molar-refractivity contribution in [2.24, 2.45) is 5.16 Å². The molecule has 2 atom stereocenters. The van der Waals surface area contributed by atoms with Crippen molar-refractivity contribution >= 4 is 17.6 Å². The van der Waals surface area contributed by atoms with Crippen LogP contribution in [-0.2, 0) is 14.4 Å². The van der Waals surface area contributed by atoms with Gasteiger partial charge in [-0.25, -0.2) is 4.79 Å². The largest absolute Gasteiger partial charge is 0.477 e. The monoisotopic (exact) mass is 270 g/mol. The van der Waals surface area contributed by atoms with Crippen LogP contribution >= 0.6 is 0 Å². The highest BCUT2D eigenvalue weighted by molar-refractivity contribution is 6.36. The molecule has 106 valence electrons. The zero-order valence-corrected chi connectivity index (χ0v) is 10.8. The van der Waals surface area contributed by atoms with Crippen molar-refractivity contribution in [3.8, 4) is 0 Å². The fraction of sp³-hybridized carbons (Fsp3) is 0.750. The second kappa shape index (κ2) is 5.16. The summed E-state index contributed by atoms with van der Waals surface area (Å²) in [5.41, 5.74) is -0.867. The van der Waals surface area contributed by atoms with Crippen LogP contribution in [0.3, 0.4) is 0 Å². The van der Waals surface area contributed by atoms with Gasteiger partial charge in [0, 0.05) is 19.5 Å². The predicted octanol–water partition coefficient (Wildman–Crippen LogP) is -0.0206. The SMILES string of the molecule is CC1(O)CCCN(C(=O)C2CC(C(=O)O)=NO2)CC1. The van der Waals surface area contributed by atoms with Gasteiger partial charge in [0.25, 0.3) is 5.91 Å². The predicted molar refractivity (Wildman–Crippen MR) is 65.6 cm³/mol. The van der Waals surface area contributed by atoms with Crippen LogP contribution in [0.4, 0.5) is 0 Å². The van der Waals surface area contributed by atoms with Gasteiger partial charge in [0.15, 0.2) is 5.71 Å². The summed E-state index contributed by atoms with van der Waals surface area (Å²) >= 11 is 0. The highest BCUT2D eigenvalue weighted by Gasteiger charge is 2.36. The number of nitrogens with zero attached hydrogens (tertiary/aromatic N) is 2. The Kier molecular flexibility index (Phi) is 3.75. The lowest BCUT2D eigenvalue weighted by molar-refractivity contribution is -0.142. The first-order chi connectivity index (χ1) is 8.89. The number of hydrogen-bond donors (Lipinski definition) is 2. The van der Waals surface area contributed by atoms with Gasteiger partial charge in [-0.3, -0.25) is 4.79 Å². The van der Waals surface area contributed by atoms with E-state index in [0.717, 1.165) is 6.42 Å². The van der Waals surface area contributed by atoms with Gasteiger partial charge in [-0.05, 0) is 26.2 Å². The second-order valence-electron chi connectivity index (χ2n) is 5.32. The third kappa shape index (κ3) is 3.23. The van der Waals surface area contributed by atoms with Crippen LogP contribution in [0.5, 0.6) is 0 Å². The number of oxime groups is 1. The summed E-state index contributed by atoms with van der Waals surface area (Å²) in [5, 5.41) is 22.1. The average Bonchev–Trinajstić information content (AvgIpc) is 2.75. The molecule has 2 unspecified atom stereocenters. The van der Waals surface area contributed by atoms with Gasteiger partial charge in [-0.15, -0.1) is 0 Å². The topological polar surface area (TPSA) is 99.4 Å². The number of carboxylic acids is 1. The Morgan fingerprint density at radius 2 is 2.16 bits per heavy atom. The van der Waals surface area contributed by atoms with Crippen molar-refractivity contribution < 1.29 is 24.6 Å². The van der Waals surface area contributed by atoms with Crippen LogP contribution in [-0.4, -0.2) is 57.5 Å². The first-order valence-electron chi connectivity index (χ1n) is 6.36. The van der Waals surface area contributed by atoms with E-state index in [0.29, 0.717) is 25.9 Å². The van der Waals surface area contributed by atoms with Gasteiger partial charge in [-0.2, -0.15) is 0 Å². The molecule has 0 spiro atoms. The van der Waals surface area contributed by atoms with Crippen LogP contribution in [0.25, 0.3) is 0 Å². The molecule has 1 saturated heterocycles. The molecule has 1 fully saturated rings. The molecule has 0 aromatic heterocycles. The van der Waals surface area contributed by atoms with Gasteiger partial charge in [-0.1, -0.05) is 5.16 Å². The third-order valence-corrected chi connectivity index (χ3v) is 3.57. The zero-order valence-electron chi connectivity index (χ0n) is 10.8. The number of carboxylic acid groups (broad SMARTS) is 1. The Balaban J connectivity index is 1.93. The molecule has 2 rings (SSSR count). The molecule has 0 radical (unpaired) electrons. The molecule has 0 aromatic carbocycles. The van der Waals surface area contributed by atoms with E-state index in [2.05, 4.69) is 5.16 Å². The van der Waals surface area contributed by atoms with Gasteiger partial charge in [0.2, 0.25) is 6.10 Å². The highest BCUT2D eigenvalue weighted by Crippen LogP contribution is 2.23. The minimum absolute atomic E-state index is 0.00105. The number of aliphatic carboxylic acids is 1. The van der Waals surface area contributed by atoms with Crippen LogP contribution < -0.4 is 0 Å². The van der Waals surface area contributed by atoms with Gasteiger partial charge < -0.3 is 20.0 Å². The van der Waals surface area contributed by atoms with E-state index in [1.165, 1.54) is 0 Å².